The molecule has 1 aromatic carbocycles. The first kappa shape index (κ1) is 56.2. The number of hydrogen-bond acceptors (Lipinski definition) is 7. The van der Waals surface area contributed by atoms with Crippen LogP contribution in [0.3, 0.4) is 0 Å². The molecule has 0 bridgehead atoms. The van der Waals surface area contributed by atoms with Crippen molar-refractivity contribution in [2.45, 2.75) is 224 Å². The van der Waals surface area contributed by atoms with Crippen molar-refractivity contribution >= 4 is 22.1 Å². The molecule has 0 saturated carbocycles. The Morgan fingerprint density at radius 2 is 0.807 bits per heavy atom. The van der Waals surface area contributed by atoms with E-state index in [0.717, 1.165) is 44.6 Å². The predicted molar refractivity (Wildman–Crippen MR) is 232 cm³/mol. The Kier molecular flexibility index (Phi) is 40.0. The molecule has 0 heterocycles. The third-order valence-electron chi connectivity index (χ3n) is 10.5. The predicted octanol–water partition coefficient (Wildman–Crippen LogP) is 11.5. The van der Waals surface area contributed by atoms with E-state index in [2.05, 4.69) is 38.2 Å². The fourth-order valence-corrected chi connectivity index (χ4v) is 7.67. The van der Waals surface area contributed by atoms with Crippen LogP contribution in [0.5, 0.6) is 0 Å². The van der Waals surface area contributed by atoms with E-state index in [1.165, 1.54) is 166 Å². The Hall–Kier alpha value is -0.814. The first-order valence-corrected chi connectivity index (χ1v) is 24.5. The molecule has 0 aliphatic carbocycles. The smallest absolute Gasteiger partial charge is 0.744 e. The second kappa shape index (κ2) is 40.6. The number of esters is 2. The molecule has 0 radical (unpaired) electrons. The Morgan fingerprint density at radius 3 is 1.16 bits per heavy atom. The van der Waals surface area contributed by atoms with E-state index in [0.29, 0.717) is 12.8 Å². The average Bonchev–Trinajstić information content (AvgIpc) is 3.18. The summed E-state index contributed by atoms with van der Waals surface area (Å²) in [7, 11) is -5.02. The van der Waals surface area contributed by atoms with Crippen LogP contribution >= 0.6 is 0 Å². The average molecular weight is 841 g/mol. The number of carbonyl (C=O) groups is 2. The normalized spacial score (nSPS) is 11.7. The molecule has 57 heavy (non-hydrogen) atoms. The van der Waals surface area contributed by atoms with Crippen molar-refractivity contribution in [1.29, 1.82) is 0 Å². The molecular weight excluding hydrogens is 760 g/mol. The summed E-state index contributed by atoms with van der Waals surface area (Å²) in [5.74, 6) is -1.81. The minimum Gasteiger partial charge on any atom is -0.744 e. The van der Waals surface area contributed by atoms with Crippen molar-refractivity contribution in [2.75, 3.05) is 13.2 Å². The summed E-state index contributed by atoms with van der Waals surface area (Å²) in [6.07, 6.45) is 47.5. The third kappa shape index (κ3) is 32.6. The Morgan fingerprint density at radius 1 is 0.491 bits per heavy atom. The quantitative estimate of drug-likeness (QED) is 0.0213. The monoisotopic (exact) mass is 841 g/mol. The molecule has 322 valence electrons. The zero-order chi connectivity index (χ0) is 40.8. The molecule has 0 amide bonds. The van der Waals surface area contributed by atoms with Gasteiger partial charge in [-0.05, 0) is 63.5 Å². The maximum absolute atomic E-state index is 13.0. The first-order chi connectivity index (χ1) is 27.3. The van der Waals surface area contributed by atoms with Crippen molar-refractivity contribution in [3.05, 3.63) is 53.6 Å². The molecule has 0 unspecified atom stereocenters. The van der Waals surface area contributed by atoms with Gasteiger partial charge < -0.3 is 14.0 Å². The van der Waals surface area contributed by atoms with E-state index in [1.807, 2.05) is 0 Å². The van der Waals surface area contributed by atoms with E-state index in [9.17, 15) is 22.6 Å². The van der Waals surface area contributed by atoms with Crippen LogP contribution in [-0.2, 0) is 19.6 Å². The van der Waals surface area contributed by atoms with Crippen molar-refractivity contribution in [2.24, 2.45) is 0 Å². The zero-order valence-corrected chi connectivity index (χ0v) is 40.8. The van der Waals surface area contributed by atoms with Gasteiger partial charge in [0.15, 0.2) is 0 Å². The van der Waals surface area contributed by atoms with E-state index in [1.54, 1.807) is 0 Å². The molecule has 1 rings (SSSR count). The van der Waals surface area contributed by atoms with Gasteiger partial charge in [-0.1, -0.05) is 198 Å². The molecular formula is C48H81KO7S. The van der Waals surface area contributed by atoms with Crippen LogP contribution in [0.1, 0.15) is 240 Å². The minimum atomic E-state index is -5.02. The van der Waals surface area contributed by atoms with Crippen LogP contribution in [0.15, 0.2) is 47.4 Å². The largest absolute Gasteiger partial charge is 1.00 e. The van der Waals surface area contributed by atoms with Gasteiger partial charge in [0, 0.05) is 0 Å². The SMILES string of the molecule is CCCC/C=C/CCCCCCCCCCCCCCOC(=O)c1cccc(S(=O)(=O)[O-])c1C(=O)OCCCCCCCCCCCCCC/C=C/CCCC.[K+]. The Labute approximate surface area is 392 Å². The van der Waals surface area contributed by atoms with Gasteiger partial charge in [0.25, 0.3) is 0 Å². The summed E-state index contributed by atoms with van der Waals surface area (Å²) in [6.45, 7) is 4.71. The molecule has 0 atom stereocenters. The number of unbranched alkanes of at least 4 members (excludes halogenated alkanes) is 28. The van der Waals surface area contributed by atoms with Crippen LogP contribution < -0.4 is 51.4 Å². The summed E-state index contributed by atoms with van der Waals surface area (Å²) in [6, 6.07) is 3.63. The number of carbonyl (C=O) groups excluding carboxylic acids is 2. The number of allylic oxidation sites excluding steroid dienone is 4. The second-order valence-electron chi connectivity index (χ2n) is 15.7. The first-order valence-electron chi connectivity index (χ1n) is 23.1. The summed E-state index contributed by atoms with van der Waals surface area (Å²) < 4.78 is 46.8. The van der Waals surface area contributed by atoms with Gasteiger partial charge in [-0.3, -0.25) is 0 Å². The fraction of sp³-hybridized carbons (Fsp3) is 0.750. The second-order valence-corrected chi connectivity index (χ2v) is 17.0. The summed E-state index contributed by atoms with van der Waals surface area (Å²) >= 11 is 0. The van der Waals surface area contributed by atoms with Gasteiger partial charge in [0.2, 0.25) is 0 Å². The molecule has 0 N–H and O–H groups in total. The Balaban J connectivity index is 0.0000314. The molecule has 1 aromatic rings. The van der Waals surface area contributed by atoms with Crippen LogP contribution in [0, 0.1) is 0 Å². The molecule has 0 aromatic heterocycles. The van der Waals surface area contributed by atoms with Crippen LogP contribution in [0.2, 0.25) is 0 Å². The fourth-order valence-electron chi connectivity index (χ4n) is 6.98. The summed E-state index contributed by atoms with van der Waals surface area (Å²) in [5, 5.41) is 0. The topological polar surface area (TPSA) is 110 Å². The third-order valence-corrected chi connectivity index (χ3v) is 11.4. The van der Waals surface area contributed by atoms with Crippen LogP contribution in [0.25, 0.3) is 0 Å². The van der Waals surface area contributed by atoms with Gasteiger partial charge in [-0.15, -0.1) is 0 Å². The van der Waals surface area contributed by atoms with E-state index >= 15 is 0 Å². The minimum absolute atomic E-state index is 0. The van der Waals surface area contributed by atoms with Gasteiger partial charge in [-0.2, -0.15) is 0 Å². The van der Waals surface area contributed by atoms with Crippen LogP contribution in [-0.4, -0.2) is 38.1 Å². The zero-order valence-electron chi connectivity index (χ0n) is 36.8. The van der Waals surface area contributed by atoms with Gasteiger partial charge in [0.1, 0.15) is 10.1 Å². The maximum atomic E-state index is 13.0. The van der Waals surface area contributed by atoms with E-state index in [4.69, 9.17) is 9.47 Å². The van der Waals surface area contributed by atoms with Crippen molar-refractivity contribution in [3.63, 3.8) is 0 Å². The maximum Gasteiger partial charge on any atom is 1.00 e. The molecule has 0 aliphatic rings. The molecule has 0 saturated heterocycles. The van der Waals surface area contributed by atoms with Crippen molar-refractivity contribution in [3.8, 4) is 0 Å². The van der Waals surface area contributed by atoms with Gasteiger partial charge in [0.05, 0.1) is 29.2 Å². The van der Waals surface area contributed by atoms with E-state index in [-0.39, 0.29) is 70.2 Å². The number of hydrogen-bond donors (Lipinski definition) is 0. The molecule has 0 spiro atoms. The molecule has 0 aliphatic heterocycles. The standard InChI is InChI=1S/C48H82O7S.K/c1-3-5-7-9-11-13-15-17-19-21-23-25-27-29-31-33-35-37-42-54-47(49)44-40-39-41-45(56(51,52)53)46(44)48(50)55-43-38-36-34-32-30-28-26-24-22-20-18-16-14-12-10-8-6-4-2;/h9-12,39-41H,3-8,13-38,42-43H2,1-2H3,(H,51,52,53);/q;+1/p-1/b11-9+,12-10+;. The summed E-state index contributed by atoms with van der Waals surface area (Å²) in [5.41, 5.74) is -0.775. The van der Waals surface area contributed by atoms with Crippen molar-refractivity contribution in [1.82, 2.24) is 0 Å². The summed E-state index contributed by atoms with van der Waals surface area (Å²) in [4.78, 5) is 25.2. The van der Waals surface area contributed by atoms with Crippen LogP contribution in [0.4, 0.5) is 0 Å². The number of benzene rings is 1. The van der Waals surface area contributed by atoms with Crippen molar-refractivity contribution < 1.29 is 83.4 Å². The van der Waals surface area contributed by atoms with Gasteiger partial charge >= 0.3 is 63.3 Å². The molecule has 0 fully saturated rings. The Bertz CT molecular complexity index is 1280. The number of ether oxygens (including phenoxy) is 2. The molecule has 7 nitrogen and oxygen atoms in total. The number of rotatable bonds is 39. The van der Waals surface area contributed by atoms with E-state index < -0.39 is 32.5 Å². The van der Waals surface area contributed by atoms with Gasteiger partial charge in [-0.25, -0.2) is 18.0 Å². The molecule has 9 heteroatoms.